The Balaban J connectivity index is 2.47. The SMILES string of the molecule is CC(C)c1csc(-c2ccc(CN)c(C(F)(F)F)c2)n1. The van der Waals surface area contributed by atoms with E-state index in [0.29, 0.717) is 10.6 Å². The first kappa shape index (κ1) is 15.0. The van der Waals surface area contributed by atoms with Crippen molar-refractivity contribution < 1.29 is 13.2 Å². The molecule has 0 aliphatic carbocycles. The van der Waals surface area contributed by atoms with Gasteiger partial charge in [0.1, 0.15) is 5.01 Å². The molecule has 0 spiro atoms. The van der Waals surface area contributed by atoms with E-state index in [4.69, 9.17) is 5.73 Å². The first-order valence-electron chi connectivity index (χ1n) is 6.19. The number of thiazole rings is 1. The number of hydrogen-bond donors (Lipinski definition) is 1. The zero-order chi connectivity index (χ0) is 14.9. The van der Waals surface area contributed by atoms with Gasteiger partial charge in [0.05, 0.1) is 11.3 Å². The summed E-state index contributed by atoms with van der Waals surface area (Å²) in [6.07, 6.45) is -4.40. The van der Waals surface area contributed by atoms with E-state index < -0.39 is 11.7 Å². The predicted molar refractivity (Wildman–Crippen MR) is 74.5 cm³/mol. The average Bonchev–Trinajstić information content (AvgIpc) is 2.86. The van der Waals surface area contributed by atoms with Crippen molar-refractivity contribution in [2.75, 3.05) is 0 Å². The van der Waals surface area contributed by atoms with Crippen LogP contribution in [0, 0.1) is 0 Å². The Hall–Kier alpha value is -1.40. The molecule has 2 N–H and O–H groups in total. The largest absolute Gasteiger partial charge is 0.416 e. The van der Waals surface area contributed by atoms with Crippen molar-refractivity contribution in [3.8, 4) is 10.6 Å². The summed E-state index contributed by atoms with van der Waals surface area (Å²) in [5.74, 6) is 0.255. The van der Waals surface area contributed by atoms with Crippen LogP contribution >= 0.6 is 11.3 Å². The third-order valence-corrected chi connectivity index (χ3v) is 3.91. The second-order valence-electron chi connectivity index (χ2n) is 4.81. The smallest absolute Gasteiger partial charge is 0.326 e. The molecule has 0 amide bonds. The Morgan fingerprint density at radius 1 is 1.30 bits per heavy atom. The zero-order valence-corrected chi connectivity index (χ0v) is 12.0. The molecule has 1 aromatic heterocycles. The van der Waals surface area contributed by atoms with E-state index in [1.54, 1.807) is 6.07 Å². The lowest BCUT2D eigenvalue weighted by Crippen LogP contribution is -2.12. The van der Waals surface area contributed by atoms with Gasteiger partial charge in [0.2, 0.25) is 0 Å². The van der Waals surface area contributed by atoms with E-state index in [0.717, 1.165) is 11.8 Å². The second-order valence-corrected chi connectivity index (χ2v) is 5.66. The van der Waals surface area contributed by atoms with Crippen molar-refractivity contribution in [2.45, 2.75) is 32.5 Å². The summed E-state index contributed by atoms with van der Waals surface area (Å²) in [6, 6.07) is 4.19. The lowest BCUT2D eigenvalue weighted by atomic mass is 10.0. The van der Waals surface area contributed by atoms with Crippen LogP contribution in [0.5, 0.6) is 0 Å². The highest BCUT2D eigenvalue weighted by atomic mass is 32.1. The van der Waals surface area contributed by atoms with Gasteiger partial charge in [-0.3, -0.25) is 0 Å². The molecule has 2 nitrogen and oxygen atoms in total. The summed E-state index contributed by atoms with van der Waals surface area (Å²) in [7, 11) is 0. The second kappa shape index (κ2) is 5.54. The van der Waals surface area contributed by atoms with Crippen LogP contribution in [0.3, 0.4) is 0 Å². The molecule has 0 saturated carbocycles. The molecule has 2 rings (SSSR count). The fraction of sp³-hybridized carbons (Fsp3) is 0.357. The lowest BCUT2D eigenvalue weighted by Gasteiger charge is -2.12. The molecule has 108 valence electrons. The van der Waals surface area contributed by atoms with E-state index in [2.05, 4.69) is 4.98 Å². The minimum Gasteiger partial charge on any atom is -0.326 e. The molecule has 0 aliphatic heterocycles. The van der Waals surface area contributed by atoms with E-state index in [1.165, 1.54) is 17.4 Å². The van der Waals surface area contributed by atoms with Crippen molar-refractivity contribution in [1.82, 2.24) is 4.98 Å². The van der Waals surface area contributed by atoms with Crippen molar-refractivity contribution in [2.24, 2.45) is 5.73 Å². The molecule has 0 fully saturated rings. The number of nitrogens with two attached hydrogens (primary N) is 1. The van der Waals surface area contributed by atoms with Crippen molar-refractivity contribution in [3.05, 3.63) is 40.4 Å². The van der Waals surface area contributed by atoms with Crippen molar-refractivity contribution >= 4 is 11.3 Å². The molecule has 1 aromatic carbocycles. The number of alkyl halides is 3. The van der Waals surface area contributed by atoms with E-state index in [-0.39, 0.29) is 18.0 Å². The first-order valence-corrected chi connectivity index (χ1v) is 7.07. The fourth-order valence-electron chi connectivity index (χ4n) is 1.84. The highest BCUT2D eigenvalue weighted by Crippen LogP contribution is 2.36. The Bertz CT molecular complexity index is 603. The maximum Gasteiger partial charge on any atom is 0.416 e. The highest BCUT2D eigenvalue weighted by molar-refractivity contribution is 7.13. The summed E-state index contributed by atoms with van der Waals surface area (Å²) < 4.78 is 39.0. The standard InChI is InChI=1S/C14H15F3N2S/c1-8(2)12-7-20-13(19-12)9-3-4-10(6-18)11(5-9)14(15,16)17/h3-5,7-8H,6,18H2,1-2H3. The van der Waals surface area contributed by atoms with Gasteiger partial charge >= 0.3 is 6.18 Å². The van der Waals surface area contributed by atoms with Crippen LogP contribution < -0.4 is 5.73 Å². The molecule has 0 bridgehead atoms. The van der Waals surface area contributed by atoms with Crippen LogP contribution in [-0.2, 0) is 12.7 Å². The Kier molecular flexibility index (Phi) is 4.15. The summed E-state index contributed by atoms with van der Waals surface area (Å²) in [5, 5.41) is 2.48. The minimum atomic E-state index is -4.40. The summed E-state index contributed by atoms with van der Waals surface area (Å²) >= 11 is 1.35. The predicted octanol–water partition coefficient (Wildman–Crippen LogP) is 4.41. The van der Waals surface area contributed by atoms with Gasteiger partial charge < -0.3 is 5.73 Å². The first-order chi connectivity index (χ1) is 9.32. The molecule has 0 unspecified atom stereocenters. The van der Waals surface area contributed by atoms with E-state index >= 15 is 0 Å². The number of halogens is 3. The minimum absolute atomic E-state index is 0.0990. The number of rotatable bonds is 3. The number of benzene rings is 1. The quantitative estimate of drug-likeness (QED) is 0.912. The van der Waals surface area contributed by atoms with E-state index in [1.807, 2.05) is 19.2 Å². The topological polar surface area (TPSA) is 38.9 Å². The molecule has 0 aliphatic rings. The number of aromatic nitrogens is 1. The van der Waals surface area contributed by atoms with Crippen molar-refractivity contribution in [1.29, 1.82) is 0 Å². The third kappa shape index (κ3) is 3.02. The normalized spacial score (nSPS) is 12.2. The van der Waals surface area contributed by atoms with Crippen LogP contribution in [0.2, 0.25) is 0 Å². The fourth-order valence-corrected chi connectivity index (χ4v) is 2.81. The summed E-state index contributed by atoms with van der Waals surface area (Å²) in [6.45, 7) is 3.86. The average molecular weight is 300 g/mol. The molecule has 6 heteroatoms. The monoisotopic (exact) mass is 300 g/mol. The number of nitrogens with zero attached hydrogens (tertiary/aromatic N) is 1. The summed E-state index contributed by atoms with van der Waals surface area (Å²) in [5.41, 5.74) is 6.15. The van der Waals surface area contributed by atoms with Gasteiger partial charge in [-0.1, -0.05) is 26.0 Å². The van der Waals surface area contributed by atoms with Gasteiger partial charge in [-0.15, -0.1) is 11.3 Å². The van der Waals surface area contributed by atoms with Gasteiger partial charge in [0, 0.05) is 17.5 Å². The maximum absolute atomic E-state index is 13.0. The van der Waals surface area contributed by atoms with Crippen LogP contribution in [0.1, 0.15) is 36.6 Å². The molecule has 0 radical (unpaired) electrons. The van der Waals surface area contributed by atoms with Gasteiger partial charge in [0.15, 0.2) is 0 Å². The zero-order valence-electron chi connectivity index (χ0n) is 11.2. The van der Waals surface area contributed by atoms with Gasteiger partial charge in [-0.25, -0.2) is 4.98 Å². The van der Waals surface area contributed by atoms with Gasteiger partial charge in [-0.05, 0) is 17.5 Å². The van der Waals surface area contributed by atoms with Crippen LogP contribution in [0.15, 0.2) is 23.6 Å². The van der Waals surface area contributed by atoms with Crippen LogP contribution in [-0.4, -0.2) is 4.98 Å². The van der Waals surface area contributed by atoms with E-state index in [9.17, 15) is 13.2 Å². The molecule has 0 atom stereocenters. The maximum atomic E-state index is 13.0. The van der Waals surface area contributed by atoms with Gasteiger partial charge in [-0.2, -0.15) is 13.2 Å². The van der Waals surface area contributed by atoms with Crippen LogP contribution in [0.25, 0.3) is 10.6 Å². The summed E-state index contributed by atoms with van der Waals surface area (Å²) in [4.78, 5) is 4.38. The van der Waals surface area contributed by atoms with Crippen molar-refractivity contribution in [3.63, 3.8) is 0 Å². The Morgan fingerprint density at radius 2 is 2.00 bits per heavy atom. The third-order valence-electron chi connectivity index (χ3n) is 3.00. The molecule has 20 heavy (non-hydrogen) atoms. The molecular weight excluding hydrogens is 285 g/mol. The molecule has 2 aromatic rings. The van der Waals surface area contributed by atoms with Gasteiger partial charge in [0.25, 0.3) is 0 Å². The Morgan fingerprint density at radius 3 is 2.50 bits per heavy atom. The lowest BCUT2D eigenvalue weighted by molar-refractivity contribution is -0.138. The molecule has 1 heterocycles. The number of hydrogen-bond acceptors (Lipinski definition) is 3. The molecular formula is C14H15F3N2S. The highest BCUT2D eigenvalue weighted by Gasteiger charge is 2.33. The van der Waals surface area contributed by atoms with Crippen LogP contribution in [0.4, 0.5) is 13.2 Å². The Labute approximate surface area is 119 Å². The molecule has 0 saturated heterocycles.